The van der Waals surface area contributed by atoms with Crippen LogP contribution in [-0.2, 0) is 6.54 Å². The lowest BCUT2D eigenvalue weighted by Crippen LogP contribution is -2.33. The molecule has 1 aliphatic heterocycles. The van der Waals surface area contributed by atoms with Gasteiger partial charge in [0.05, 0.1) is 29.0 Å². The van der Waals surface area contributed by atoms with Gasteiger partial charge >= 0.3 is 0 Å². The Bertz CT molecular complexity index is 990. The summed E-state index contributed by atoms with van der Waals surface area (Å²) in [5, 5.41) is 7.79. The van der Waals surface area contributed by atoms with Crippen molar-refractivity contribution in [3.8, 4) is 11.5 Å². The molecule has 3 aromatic rings. The van der Waals surface area contributed by atoms with E-state index in [-0.39, 0.29) is 12.0 Å². The maximum atomic E-state index is 12.4. The summed E-state index contributed by atoms with van der Waals surface area (Å²) in [6, 6.07) is 12.3. The number of rotatable bonds is 4. The van der Waals surface area contributed by atoms with Crippen molar-refractivity contribution in [3.05, 3.63) is 70.5 Å². The van der Waals surface area contributed by atoms with E-state index in [9.17, 15) is 4.79 Å². The summed E-state index contributed by atoms with van der Waals surface area (Å²) in [6.07, 6.45) is 3.11. The number of ether oxygens (including phenoxy) is 2. The number of halogens is 2. The Hall–Kier alpha value is -2.70. The lowest BCUT2D eigenvalue weighted by Gasteiger charge is -2.26. The fraction of sp³-hybridized carbons (Fsp3) is 0.158. The molecule has 0 aliphatic carbocycles. The number of aromatic nitrogens is 2. The molecule has 27 heavy (non-hydrogen) atoms. The third kappa shape index (κ3) is 4.02. The number of amides is 1. The quantitative estimate of drug-likeness (QED) is 0.705. The molecule has 0 fully saturated rings. The zero-order valence-corrected chi connectivity index (χ0v) is 15.6. The van der Waals surface area contributed by atoms with Gasteiger partial charge in [0, 0.05) is 11.2 Å². The molecular formula is C19H15Cl2N3O3. The van der Waals surface area contributed by atoms with Crippen molar-refractivity contribution in [3.63, 3.8) is 0 Å². The minimum Gasteiger partial charge on any atom is -0.486 e. The van der Waals surface area contributed by atoms with E-state index < -0.39 is 0 Å². The predicted octanol–water partition coefficient (Wildman–Crippen LogP) is 4.28. The van der Waals surface area contributed by atoms with Gasteiger partial charge in [-0.05, 0) is 30.3 Å². The molecule has 2 aromatic carbocycles. The van der Waals surface area contributed by atoms with Gasteiger partial charge in [-0.3, -0.25) is 9.48 Å². The minimum atomic E-state index is -0.353. The molecule has 138 valence electrons. The molecule has 4 rings (SSSR count). The molecule has 1 unspecified atom stereocenters. The Balaban J connectivity index is 1.40. The highest BCUT2D eigenvalue weighted by molar-refractivity contribution is 6.36. The van der Waals surface area contributed by atoms with Crippen LogP contribution in [0.2, 0.25) is 10.0 Å². The topological polar surface area (TPSA) is 65.4 Å². The number of fused-ring (bicyclic) bond motifs is 1. The summed E-state index contributed by atoms with van der Waals surface area (Å²) in [5.74, 6) is 1.10. The fourth-order valence-electron chi connectivity index (χ4n) is 2.76. The minimum absolute atomic E-state index is 0.175. The first kappa shape index (κ1) is 17.7. The number of hydrogen-bond donors (Lipinski definition) is 1. The van der Waals surface area contributed by atoms with E-state index in [4.69, 9.17) is 32.7 Å². The van der Waals surface area contributed by atoms with Crippen LogP contribution in [0.15, 0.2) is 54.9 Å². The Labute approximate surface area is 165 Å². The van der Waals surface area contributed by atoms with Crippen molar-refractivity contribution in [1.82, 2.24) is 9.78 Å². The van der Waals surface area contributed by atoms with E-state index in [1.165, 1.54) is 6.07 Å². The van der Waals surface area contributed by atoms with Gasteiger partial charge < -0.3 is 14.8 Å². The normalized spacial score (nSPS) is 15.4. The molecule has 1 atom stereocenters. The molecule has 0 saturated carbocycles. The smallest absolute Gasteiger partial charge is 0.257 e. The third-order valence-electron chi connectivity index (χ3n) is 4.02. The van der Waals surface area contributed by atoms with Crippen LogP contribution in [0.3, 0.4) is 0 Å². The molecule has 1 aromatic heterocycles. The number of benzene rings is 2. The SMILES string of the molecule is O=C(Nc1cnn(CC2COc3ccccc3O2)c1)c1cc(Cl)ccc1Cl. The van der Waals surface area contributed by atoms with Crippen LogP contribution in [0.1, 0.15) is 10.4 Å². The van der Waals surface area contributed by atoms with Gasteiger partial charge in [-0.2, -0.15) is 5.10 Å². The van der Waals surface area contributed by atoms with Gasteiger partial charge in [0.2, 0.25) is 0 Å². The van der Waals surface area contributed by atoms with Crippen LogP contribution in [0.25, 0.3) is 0 Å². The van der Waals surface area contributed by atoms with Crippen molar-refractivity contribution in [1.29, 1.82) is 0 Å². The zero-order valence-electron chi connectivity index (χ0n) is 14.1. The van der Waals surface area contributed by atoms with Gasteiger partial charge in [-0.15, -0.1) is 0 Å². The first-order chi connectivity index (χ1) is 13.1. The second-order valence-electron chi connectivity index (χ2n) is 6.03. The van der Waals surface area contributed by atoms with Crippen molar-refractivity contribution >= 4 is 34.8 Å². The molecule has 0 saturated heterocycles. The molecule has 1 N–H and O–H groups in total. The maximum absolute atomic E-state index is 12.4. The molecule has 0 radical (unpaired) electrons. The van der Waals surface area contributed by atoms with Gasteiger partial charge in [-0.1, -0.05) is 35.3 Å². The van der Waals surface area contributed by atoms with Crippen molar-refractivity contribution in [2.45, 2.75) is 12.6 Å². The number of carbonyl (C=O) groups is 1. The summed E-state index contributed by atoms with van der Waals surface area (Å²) < 4.78 is 13.3. The highest BCUT2D eigenvalue weighted by Crippen LogP contribution is 2.31. The summed E-state index contributed by atoms with van der Waals surface area (Å²) >= 11 is 12.0. The first-order valence-corrected chi connectivity index (χ1v) is 9.01. The second-order valence-corrected chi connectivity index (χ2v) is 6.87. The van der Waals surface area contributed by atoms with E-state index in [1.807, 2.05) is 24.3 Å². The van der Waals surface area contributed by atoms with E-state index in [2.05, 4.69) is 10.4 Å². The van der Waals surface area contributed by atoms with Crippen LogP contribution in [0, 0.1) is 0 Å². The Morgan fingerprint density at radius 1 is 1.22 bits per heavy atom. The van der Waals surface area contributed by atoms with Gasteiger partial charge in [-0.25, -0.2) is 0 Å². The van der Waals surface area contributed by atoms with E-state index in [0.29, 0.717) is 40.2 Å². The lowest BCUT2D eigenvalue weighted by atomic mass is 10.2. The number of para-hydroxylation sites is 2. The van der Waals surface area contributed by atoms with Gasteiger partial charge in [0.15, 0.2) is 17.6 Å². The molecular weight excluding hydrogens is 389 g/mol. The van der Waals surface area contributed by atoms with Crippen LogP contribution in [-0.4, -0.2) is 28.4 Å². The zero-order chi connectivity index (χ0) is 18.8. The highest BCUT2D eigenvalue weighted by Gasteiger charge is 2.21. The molecule has 0 spiro atoms. The summed E-state index contributed by atoms with van der Waals surface area (Å²) in [5.41, 5.74) is 0.853. The average Bonchev–Trinajstić information content (AvgIpc) is 3.10. The molecule has 0 bridgehead atoms. The summed E-state index contributed by atoms with van der Waals surface area (Å²) in [4.78, 5) is 12.4. The van der Waals surface area contributed by atoms with Gasteiger partial charge in [0.25, 0.3) is 5.91 Å². The van der Waals surface area contributed by atoms with Gasteiger partial charge in [0.1, 0.15) is 6.61 Å². The maximum Gasteiger partial charge on any atom is 0.257 e. The molecule has 2 heterocycles. The van der Waals surface area contributed by atoms with Crippen LogP contribution in [0.5, 0.6) is 11.5 Å². The Kier molecular flexibility index (Phi) is 4.92. The summed E-state index contributed by atoms with van der Waals surface area (Å²) in [7, 11) is 0. The first-order valence-electron chi connectivity index (χ1n) is 8.26. The number of carbonyl (C=O) groups excluding carboxylic acids is 1. The molecule has 6 nitrogen and oxygen atoms in total. The Morgan fingerprint density at radius 3 is 2.89 bits per heavy atom. The van der Waals surface area contributed by atoms with Crippen LogP contribution < -0.4 is 14.8 Å². The number of nitrogens with zero attached hydrogens (tertiary/aromatic N) is 2. The number of anilines is 1. The number of hydrogen-bond acceptors (Lipinski definition) is 4. The highest BCUT2D eigenvalue weighted by atomic mass is 35.5. The fourth-order valence-corrected chi connectivity index (χ4v) is 3.14. The molecule has 1 aliphatic rings. The Morgan fingerprint density at radius 2 is 2.04 bits per heavy atom. The van der Waals surface area contributed by atoms with E-state index in [1.54, 1.807) is 29.2 Å². The monoisotopic (exact) mass is 403 g/mol. The molecule has 8 heteroatoms. The standard InChI is InChI=1S/C19H15Cl2N3O3/c20-12-5-6-16(21)15(7-12)19(25)23-13-8-22-24(9-13)10-14-11-26-17-3-1-2-4-18(17)27-14/h1-9,14H,10-11H2,(H,23,25). The largest absolute Gasteiger partial charge is 0.486 e. The summed E-state index contributed by atoms with van der Waals surface area (Å²) in [6.45, 7) is 0.915. The average molecular weight is 404 g/mol. The number of nitrogens with one attached hydrogen (secondary N) is 1. The van der Waals surface area contributed by atoms with E-state index >= 15 is 0 Å². The second kappa shape index (κ2) is 7.50. The van der Waals surface area contributed by atoms with Crippen molar-refractivity contribution < 1.29 is 14.3 Å². The van der Waals surface area contributed by atoms with Crippen LogP contribution in [0.4, 0.5) is 5.69 Å². The van der Waals surface area contributed by atoms with Crippen LogP contribution >= 0.6 is 23.2 Å². The lowest BCUT2D eigenvalue weighted by molar-refractivity contribution is 0.0759. The van der Waals surface area contributed by atoms with Crippen molar-refractivity contribution in [2.24, 2.45) is 0 Å². The predicted molar refractivity (Wildman–Crippen MR) is 103 cm³/mol. The third-order valence-corrected chi connectivity index (χ3v) is 4.59. The van der Waals surface area contributed by atoms with Crippen molar-refractivity contribution in [2.75, 3.05) is 11.9 Å². The van der Waals surface area contributed by atoms with E-state index in [0.717, 1.165) is 5.75 Å². The molecule has 1 amide bonds.